The lowest BCUT2D eigenvalue weighted by atomic mass is 10.2. The zero-order chi connectivity index (χ0) is 20.5. The Balaban J connectivity index is 1.92. The minimum atomic E-state index is -4.61. The Morgan fingerprint density at radius 2 is 1.89 bits per heavy atom. The van der Waals surface area contributed by atoms with Crippen LogP contribution in [-0.2, 0) is 12.7 Å². The minimum absolute atomic E-state index is 0.133. The van der Waals surface area contributed by atoms with Gasteiger partial charge >= 0.3 is 6.18 Å². The molecular formula is C18H14ClF3N2O3S. The summed E-state index contributed by atoms with van der Waals surface area (Å²) in [5.41, 5.74) is -0.515. The van der Waals surface area contributed by atoms with Crippen LogP contribution < -0.4 is 15.0 Å². The van der Waals surface area contributed by atoms with Gasteiger partial charge in [-0.25, -0.2) is 4.98 Å². The largest absolute Gasteiger partial charge is 0.493 e. The number of rotatable bonds is 5. The van der Waals surface area contributed by atoms with Crippen LogP contribution in [-0.4, -0.2) is 23.8 Å². The van der Waals surface area contributed by atoms with Gasteiger partial charge < -0.3 is 14.0 Å². The van der Waals surface area contributed by atoms with Crippen LogP contribution in [0, 0.1) is 0 Å². The summed E-state index contributed by atoms with van der Waals surface area (Å²) in [6, 6.07) is 5.88. The fourth-order valence-electron chi connectivity index (χ4n) is 2.53. The first-order valence-electron chi connectivity index (χ1n) is 7.87. The van der Waals surface area contributed by atoms with Gasteiger partial charge in [-0.2, -0.15) is 13.2 Å². The second-order valence-electron chi connectivity index (χ2n) is 5.72. The summed E-state index contributed by atoms with van der Waals surface area (Å²) in [6.07, 6.45) is -3.87. The van der Waals surface area contributed by atoms with E-state index in [1.807, 2.05) is 0 Å². The summed E-state index contributed by atoms with van der Waals surface area (Å²) in [5, 5.41) is 1.80. The molecule has 2 aromatic heterocycles. The molecule has 0 saturated heterocycles. The molecule has 0 N–H and O–H groups in total. The van der Waals surface area contributed by atoms with Crippen LogP contribution >= 0.6 is 22.9 Å². The van der Waals surface area contributed by atoms with E-state index in [2.05, 4.69) is 4.98 Å². The number of pyridine rings is 1. The molecule has 0 radical (unpaired) electrons. The Hall–Kier alpha value is -2.52. The molecule has 1 aromatic carbocycles. The SMILES string of the molecule is COc1ccc(-c2nc(Cn3cc(C(F)(F)F)cc(Cl)c3=O)cs2)cc1OC. The first-order valence-corrected chi connectivity index (χ1v) is 9.12. The monoisotopic (exact) mass is 430 g/mol. The van der Waals surface area contributed by atoms with E-state index in [1.54, 1.807) is 23.6 Å². The van der Waals surface area contributed by atoms with Crippen molar-refractivity contribution in [2.24, 2.45) is 0 Å². The molecule has 0 aliphatic rings. The van der Waals surface area contributed by atoms with Gasteiger partial charge in [0.25, 0.3) is 5.56 Å². The van der Waals surface area contributed by atoms with E-state index in [4.69, 9.17) is 21.1 Å². The van der Waals surface area contributed by atoms with Crippen molar-refractivity contribution in [3.63, 3.8) is 0 Å². The van der Waals surface area contributed by atoms with Crippen LogP contribution in [0.15, 0.2) is 40.6 Å². The highest BCUT2D eigenvalue weighted by atomic mass is 35.5. The van der Waals surface area contributed by atoms with Gasteiger partial charge in [-0.3, -0.25) is 4.79 Å². The lowest BCUT2D eigenvalue weighted by Crippen LogP contribution is -2.23. The first kappa shape index (κ1) is 20.2. The van der Waals surface area contributed by atoms with Crippen LogP contribution in [0.5, 0.6) is 11.5 Å². The van der Waals surface area contributed by atoms with Crippen molar-refractivity contribution < 1.29 is 22.6 Å². The molecule has 10 heteroatoms. The molecule has 0 bridgehead atoms. The maximum atomic E-state index is 13.0. The quantitative estimate of drug-likeness (QED) is 0.588. The highest BCUT2D eigenvalue weighted by Gasteiger charge is 2.32. The average molecular weight is 431 g/mol. The number of ether oxygens (including phenoxy) is 2. The standard InChI is InChI=1S/C18H14ClF3N2O3S/c1-26-14-4-3-10(5-15(14)27-2)16-23-12(9-28-16)8-24-7-11(18(20,21)22)6-13(19)17(24)25/h3-7,9H,8H2,1-2H3. The van der Waals surface area contributed by atoms with Crippen molar-refractivity contribution in [3.8, 4) is 22.1 Å². The minimum Gasteiger partial charge on any atom is -0.493 e. The molecular weight excluding hydrogens is 417 g/mol. The van der Waals surface area contributed by atoms with Gasteiger partial charge in [-0.1, -0.05) is 11.6 Å². The molecule has 0 fully saturated rings. The van der Waals surface area contributed by atoms with Crippen LogP contribution in [0.3, 0.4) is 0 Å². The number of aromatic nitrogens is 2. The van der Waals surface area contributed by atoms with Crippen LogP contribution in [0.25, 0.3) is 10.6 Å². The number of hydrogen-bond donors (Lipinski definition) is 0. The van der Waals surface area contributed by atoms with E-state index >= 15 is 0 Å². The molecule has 0 saturated carbocycles. The fourth-order valence-corrected chi connectivity index (χ4v) is 3.56. The topological polar surface area (TPSA) is 53.4 Å². The van der Waals surface area contributed by atoms with Crippen LogP contribution in [0.2, 0.25) is 5.02 Å². The molecule has 3 aromatic rings. The Morgan fingerprint density at radius 3 is 2.54 bits per heavy atom. The van der Waals surface area contributed by atoms with Gasteiger partial charge in [-0.05, 0) is 24.3 Å². The summed E-state index contributed by atoms with van der Waals surface area (Å²) in [6.45, 7) is -0.133. The smallest absolute Gasteiger partial charge is 0.417 e. The van der Waals surface area contributed by atoms with Crippen molar-refractivity contribution in [2.75, 3.05) is 14.2 Å². The summed E-state index contributed by atoms with van der Waals surface area (Å²) >= 11 is 6.97. The number of alkyl halides is 3. The molecule has 2 heterocycles. The molecule has 0 unspecified atom stereocenters. The Bertz CT molecular complexity index is 1060. The Kier molecular flexibility index (Phi) is 5.66. The van der Waals surface area contributed by atoms with E-state index in [0.717, 1.165) is 16.3 Å². The van der Waals surface area contributed by atoms with Gasteiger partial charge in [0.2, 0.25) is 0 Å². The summed E-state index contributed by atoms with van der Waals surface area (Å²) < 4.78 is 50.3. The third kappa shape index (κ3) is 4.15. The number of benzene rings is 1. The summed E-state index contributed by atoms with van der Waals surface area (Å²) in [4.78, 5) is 16.5. The molecule has 3 rings (SSSR count). The van der Waals surface area contributed by atoms with E-state index < -0.39 is 22.3 Å². The Morgan fingerprint density at radius 1 is 1.18 bits per heavy atom. The summed E-state index contributed by atoms with van der Waals surface area (Å²) in [5.74, 6) is 1.09. The molecule has 0 atom stereocenters. The van der Waals surface area contributed by atoms with Crippen molar-refractivity contribution >= 4 is 22.9 Å². The van der Waals surface area contributed by atoms with Crippen molar-refractivity contribution in [3.05, 3.63) is 62.5 Å². The first-order chi connectivity index (χ1) is 13.2. The predicted octanol–water partition coefficient (Wildman–Crippen LogP) is 4.71. The zero-order valence-electron chi connectivity index (χ0n) is 14.7. The third-order valence-electron chi connectivity index (χ3n) is 3.88. The highest BCUT2D eigenvalue weighted by molar-refractivity contribution is 7.13. The van der Waals surface area contributed by atoms with E-state index in [0.29, 0.717) is 28.3 Å². The molecule has 28 heavy (non-hydrogen) atoms. The van der Waals surface area contributed by atoms with Gasteiger partial charge in [0.15, 0.2) is 11.5 Å². The van der Waals surface area contributed by atoms with Crippen molar-refractivity contribution in [1.29, 1.82) is 0 Å². The van der Waals surface area contributed by atoms with Crippen molar-refractivity contribution in [2.45, 2.75) is 12.7 Å². The van der Waals surface area contributed by atoms with Gasteiger partial charge in [0.1, 0.15) is 10.0 Å². The molecule has 5 nitrogen and oxygen atoms in total. The maximum Gasteiger partial charge on any atom is 0.417 e. The molecule has 0 aliphatic carbocycles. The normalized spacial score (nSPS) is 11.5. The molecule has 0 amide bonds. The lowest BCUT2D eigenvalue weighted by molar-refractivity contribution is -0.138. The predicted molar refractivity (Wildman–Crippen MR) is 100 cm³/mol. The number of nitrogens with zero attached hydrogens (tertiary/aromatic N) is 2. The van der Waals surface area contributed by atoms with Crippen molar-refractivity contribution in [1.82, 2.24) is 9.55 Å². The number of thiazole rings is 1. The number of halogens is 4. The van der Waals surface area contributed by atoms with Gasteiger partial charge in [-0.15, -0.1) is 11.3 Å². The molecule has 148 valence electrons. The zero-order valence-corrected chi connectivity index (χ0v) is 16.3. The second kappa shape index (κ2) is 7.84. The van der Waals surface area contributed by atoms with Crippen LogP contribution in [0.1, 0.15) is 11.3 Å². The second-order valence-corrected chi connectivity index (χ2v) is 6.99. The molecule has 0 aliphatic heterocycles. The Labute approximate surface area is 166 Å². The van der Waals surface area contributed by atoms with Gasteiger partial charge in [0, 0.05) is 17.1 Å². The van der Waals surface area contributed by atoms with E-state index in [-0.39, 0.29) is 6.54 Å². The summed E-state index contributed by atoms with van der Waals surface area (Å²) in [7, 11) is 3.04. The molecule has 0 spiro atoms. The fraction of sp³-hybridized carbons (Fsp3) is 0.222. The highest BCUT2D eigenvalue weighted by Crippen LogP contribution is 2.34. The lowest BCUT2D eigenvalue weighted by Gasteiger charge is -2.11. The van der Waals surface area contributed by atoms with Crippen LogP contribution in [0.4, 0.5) is 13.2 Å². The maximum absolute atomic E-state index is 13.0. The third-order valence-corrected chi connectivity index (χ3v) is 5.10. The van der Waals surface area contributed by atoms with Gasteiger partial charge in [0.05, 0.1) is 32.0 Å². The van der Waals surface area contributed by atoms with E-state index in [1.165, 1.54) is 25.6 Å². The average Bonchev–Trinajstić information content (AvgIpc) is 3.12. The number of methoxy groups -OCH3 is 2. The number of hydrogen-bond acceptors (Lipinski definition) is 5. The van der Waals surface area contributed by atoms with E-state index in [9.17, 15) is 18.0 Å².